The number of likely N-dealkylation sites (tertiary alicyclic amines) is 1. The molecule has 0 aliphatic carbocycles. The molecular weight excluding hydrogens is 496 g/mol. The first kappa shape index (κ1) is 24.4. The first-order valence-corrected chi connectivity index (χ1v) is 12.3. The van der Waals surface area contributed by atoms with Gasteiger partial charge in [0.25, 0.3) is 10.0 Å². The van der Waals surface area contributed by atoms with E-state index in [1.807, 2.05) is 12.1 Å². The van der Waals surface area contributed by atoms with E-state index in [2.05, 4.69) is 4.72 Å². The lowest BCUT2D eigenvalue weighted by atomic mass is 10.1. The normalized spacial score (nSPS) is 13.6. The molecular formula is C24H21ClN2O7S. The van der Waals surface area contributed by atoms with Gasteiger partial charge in [-0.05, 0) is 53.6 Å². The predicted molar refractivity (Wildman–Crippen MR) is 129 cm³/mol. The van der Waals surface area contributed by atoms with Crippen LogP contribution < -0.4 is 9.46 Å². The van der Waals surface area contributed by atoms with Gasteiger partial charge in [0.05, 0.1) is 36.3 Å². The maximum Gasteiger partial charge on any atom is 0.407 e. The Morgan fingerprint density at radius 1 is 1.00 bits per heavy atom. The number of sulfonamides is 1. The minimum Gasteiger partial charge on any atom is -0.487 e. The van der Waals surface area contributed by atoms with Gasteiger partial charge in [0, 0.05) is 5.02 Å². The molecule has 0 aromatic heterocycles. The van der Waals surface area contributed by atoms with Crippen molar-refractivity contribution in [3.05, 3.63) is 77.3 Å². The first-order chi connectivity index (χ1) is 16.7. The van der Waals surface area contributed by atoms with Gasteiger partial charge < -0.3 is 19.5 Å². The Bertz CT molecular complexity index is 1350. The van der Waals surface area contributed by atoms with Gasteiger partial charge in [0.2, 0.25) is 0 Å². The molecule has 35 heavy (non-hydrogen) atoms. The molecule has 0 spiro atoms. The van der Waals surface area contributed by atoms with Crippen LogP contribution in [-0.2, 0) is 14.8 Å². The van der Waals surface area contributed by atoms with Crippen molar-refractivity contribution >= 4 is 39.4 Å². The Morgan fingerprint density at radius 3 is 2.17 bits per heavy atom. The molecule has 0 bridgehead atoms. The summed E-state index contributed by atoms with van der Waals surface area (Å²) in [6, 6.07) is 17.7. The number of hydrogen-bond acceptors (Lipinski definition) is 6. The topological polar surface area (TPSA) is 122 Å². The molecule has 0 radical (unpaired) electrons. The molecule has 0 unspecified atom stereocenters. The van der Waals surface area contributed by atoms with Gasteiger partial charge in [-0.2, -0.15) is 0 Å². The van der Waals surface area contributed by atoms with E-state index in [1.165, 1.54) is 42.3 Å². The van der Waals surface area contributed by atoms with Crippen LogP contribution in [0.2, 0.25) is 5.02 Å². The standard InChI is InChI=1S/C24H21ClN2O7S/c1-33-23(28)21-12-18(34-19-13-27(14-19)24(29)30)8-11-22(21)26-35(31,32)20-9-4-16(5-10-20)15-2-6-17(25)7-3-15/h2-12,19,26H,13-14H2,1H3,(H,29,30). The highest BCUT2D eigenvalue weighted by Gasteiger charge is 2.32. The Kier molecular flexibility index (Phi) is 6.86. The third-order valence-corrected chi connectivity index (χ3v) is 7.04. The van der Waals surface area contributed by atoms with Crippen molar-refractivity contribution in [1.82, 2.24) is 4.90 Å². The summed E-state index contributed by atoms with van der Waals surface area (Å²) in [6.45, 7) is 0.395. The smallest absolute Gasteiger partial charge is 0.407 e. The lowest BCUT2D eigenvalue weighted by Gasteiger charge is -2.36. The summed E-state index contributed by atoms with van der Waals surface area (Å²) in [6.07, 6.45) is -1.40. The van der Waals surface area contributed by atoms with Crippen LogP contribution in [0.15, 0.2) is 71.6 Å². The third kappa shape index (κ3) is 5.50. The van der Waals surface area contributed by atoms with Gasteiger partial charge in [0.1, 0.15) is 11.9 Å². The molecule has 1 heterocycles. The molecule has 3 aromatic rings. The van der Waals surface area contributed by atoms with Crippen molar-refractivity contribution in [3.63, 3.8) is 0 Å². The molecule has 0 atom stereocenters. The zero-order valence-electron chi connectivity index (χ0n) is 18.5. The molecule has 4 rings (SSSR count). The minimum atomic E-state index is -4.02. The van der Waals surface area contributed by atoms with Crippen LogP contribution in [0.4, 0.5) is 10.5 Å². The van der Waals surface area contributed by atoms with Crippen LogP contribution in [0.3, 0.4) is 0 Å². The van der Waals surface area contributed by atoms with E-state index in [0.717, 1.165) is 11.1 Å². The quantitative estimate of drug-likeness (QED) is 0.448. The molecule has 1 fully saturated rings. The minimum absolute atomic E-state index is 0.00888. The highest BCUT2D eigenvalue weighted by Crippen LogP contribution is 2.28. The zero-order valence-corrected chi connectivity index (χ0v) is 20.0. The lowest BCUT2D eigenvalue weighted by molar-refractivity contribution is 0.0251. The summed E-state index contributed by atoms with van der Waals surface area (Å²) in [5, 5.41) is 9.53. The fraction of sp³-hybridized carbons (Fsp3) is 0.167. The van der Waals surface area contributed by atoms with Crippen molar-refractivity contribution in [2.75, 3.05) is 24.9 Å². The van der Waals surface area contributed by atoms with Crippen LogP contribution in [0, 0.1) is 0 Å². The molecule has 1 aliphatic heterocycles. The lowest BCUT2D eigenvalue weighted by Crippen LogP contribution is -2.55. The summed E-state index contributed by atoms with van der Waals surface area (Å²) in [5.74, 6) is -0.470. The van der Waals surface area contributed by atoms with Crippen molar-refractivity contribution in [2.24, 2.45) is 0 Å². The van der Waals surface area contributed by atoms with Crippen molar-refractivity contribution in [2.45, 2.75) is 11.0 Å². The fourth-order valence-corrected chi connectivity index (χ4v) is 4.70. The van der Waals surface area contributed by atoms with Gasteiger partial charge in [-0.15, -0.1) is 0 Å². The number of benzene rings is 3. The van der Waals surface area contributed by atoms with Gasteiger partial charge >= 0.3 is 12.1 Å². The summed E-state index contributed by atoms with van der Waals surface area (Å²) < 4.78 is 38.9. The molecule has 182 valence electrons. The third-order valence-electron chi connectivity index (χ3n) is 5.40. The molecule has 1 saturated heterocycles. The van der Waals surface area contributed by atoms with Gasteiger partial charge in [-0.25, -0.2) is 18.0 Å². The first-order valence-electron chi connectivity index (χ1n) is 10.4. The van der Waals surface area contributed by atoms with Crippen molar-refractivity contribution < 1.29 is 32.6 Å². The molecule has 2 N–H and O–H groups in total. The molecule has 1 aliphatic rings. The fourth-order valence-electron chi connectivity index (χ4n) is 3.50. The monoisotopic (exact) mass is 516 g/mol. The maximum atomic E-state index is 13.0. The molecule has 1 amide bonds. The van der Waals surface area contributed by atoms with Crippen LogP contribution in [0.5, 0.6) is 5.75 Å². The van der Waals surface area contributed by atoms with Crippen molar-refractivity contribution in [3.8, 4) is 16.9 Å². The second-order valence-electron chi connectivity index (χ2n) is 7.76. The molecule has 11 heteroatoms. The van der Waals surface area contributed by atoms with Crippen LogP contribution in [-0.4, -0.2) is 56.8 Å². The van der Waals surface area contributed by atoms with Gasteiger partial charge in [0.15, 0.2) is 0 Å². The zero-order chi connectivity index (χ0) is 25.2. The van der Waals surface area contributed by atoms with E-state index in [4.69, 9.17) is 26.2 Å². The van der Waals surface area contributed by atoms with E-state index in [1.54, 1.807) is 24.3 Å². The Hall–Kier alpha value is -3.76. The average molecular weight is 517 g/mol. The van der Waals surface area contributed by atoms with Crippen LogP contribution in [0.25, 0.3) is 11.1 Å². The van der Waals surface area contributed by atoms with Crippen LogP contribution >= 0.6 is 11.6 Å². The number of hydrogen-bond donors (Lipinski definition) is 2. The van der Waals surface area contributed by atoms with Gasteiger partial charge in [-0.1, -0.05) is 35.9 Å². The Labute approximate surface area is 206 Å². The molecule has 0 saturated carbocycles. The number of esters is 1. The van der Waals surface area contributed by atoms with E-state index in [0.29, 0.717) is 5.02 Å². The van der Waals surface area contributed by atoms with Crippen LogP contribution in [0.1, 0.15) is 10.4 Å². The number of anilines is 1. The number of carbonyl (C=O) groups excluding carboxylic acids is 1. The number of ether oxygens (including phenoxy) is 2. The summed E-state index contributed by atoms with van der Waals surface area (Å²) in [4.78, 5) is 24.4. The van der Waals surface area contributed by atoms with E-state index < -0.39 is 22.1 Å². The maximum absolute atomic E-state index is 13.0. The highest BCUT2D eigenvalue weighted by atomic mass is 35.5. The number of halogens is 1. The highest BCUT2D eigenvalue weighted by molar-refractivity contribution is 7.92. The summed E-state index contributed by atoms with van der Waals surface area (Å²) in [5.41, 5.74) is 1.68. The second kappa shape index (κ2) is 9.85. The number of rotatable bonds is 7. The molecule has 9 nitrogen and oxygen atoms in total. The van der Waals surface area contributed by atoms with Crippen molar-refractivity contribution in [1.29, 1.82) is 0 Å². The van der Waals surface area contributed by atoms with E-state index in [9.17, 15) is 18.0 Å². The number of amides is 1. The molecule has 3 aromatic carbocycles. The Morgan fingerprint density at radius 2 is 1.60 bits per heavy atom. The summed E-state index contributed by atoms with van der Waals surface area (Å²) >= 11 is 5.92. The number of nitrogens with zero attached hydrogens (tertiary/aromatic N) is 1. The number of carbonyl (C=O) groups is 2. The average Bonchev–Trinajstić information content (AvgIpc) is 2.81. The largest absolute Gasteiger partial charge is 0.487 e. The number of nitrogens with one attached hydrogen (secondary N) is 1. The predicted octanol–water partition coefficient (Wildman–Crippen LogP) is 4.34. The number of carboxylic acid groups (broad SMARTS) is 1. The van der Waals surface area contributed by atoms with E-state index in [-0.39, 0.29) is 41.1 Å². The second-order valence-corrected chi connectivity index (χ2v) is 9.88. The van der Waals surface area contributed by atoms with Gasteiger partial charge in [-0.3, -0.25) is 4.72 Å². The van der Waals surface area contributed by atoms with E-state index >= 15 is 0 Å². The number of methoxy groups -OCH3 is 1. The SMILES string of the molecule is COC(=O)c1cc(OC2CN(C(=O)O)C2)ccc1NS(=O)(=O)c1ccc(-c2ccc(Cl)cc2)cc1. The Balaban J connectivity index is 1.53. The summed E-state index contributed by atoms with van der Waals surface area (Å²) in [7, 11) is -2.84.